The van der Waals surface area contributed by atoms with Crippen LogP contribution in [-0.4, -0.2) is 60.5 Å². The lowest BCUT2D eigenvalue weighted by molar-refractivity contribution is -0.117. The molecule has 6 heteroatoms. The van der Waals surface area contributed by atoms with Crippen molar-refractivity contribution >= 4 is 29.3 Å². The van der Waals surface area contributed by atoms with Crippen molar-refractivity contribution in [3.63, 3.8) is 0 Å². The van der Waals surface area contributed by atoms with Gasteiger partial charge in [0.05, 0.1) is 6.54 Å². The Bertz CT molecular complexity index is 644. The number of guanidine groups is 1. The van der Waals surface area contributed by atoms with Crippen LogP contribution in [0.25, 0.3) is 0 Å². The van der Waals surface area contributed by atoms with Gasteiger partial charge < -0.3 is 15.1 Å². The first-order valence-corrected chi connectivity index (χ1v) is 9.46. The molecule has 0 bridgehead atoms. The van der Waals surface area contributed by atoms with Crippen molar-refractivity contribution in [3.8, 4) is 0 Å². The zero-order valence-electron chi connectivity index (χ0n) is 14.7. The molecule has 2 heterocycles. The molecule has 1 N–H and O–H groups in total. The number of nitrogens with zero attached hydrogens (tertiary/aromatic N) is 3. The molecule has 3 rings (SSSR count). The van der Waals surface area contributed by atoms with Crippen molar-refractivity contribution in [2.45, 2.75) is 25.0 Å². The van der Waals surface area contributed by atoms with E-state index in [0.717, 1.165) is 43.5 Å². The number of hydrogen-bond acceptors (Lipinski definition) is 3. The second-order valence-electron chi connectivity index (χ2n) is 6.85. The third kappa shape index (κ3) is 3.69. The minimum Gasteiger partial charge on any atom is -0.347 e. The summed E-state index contributed by atoms with van der Waals surface area (Å²) in [5.41, 5.74) is 2.31. The molecule has 0 radical (unpaired) electrons. The van der Waals surface area contributed by atoms with Gasteiger partial charge in [0.2, 0.25) is 5.91 Å². The molecule has 1 aromatic carbocycles. The highest BCUT2D eigenvalue weighted by Crippen LogP contribution is 2.29. The van der Waals surface area contributed by atoms with Crippen molar-refractivity contribution in [3.05, 3.63) is 29.8 Å². The number of fused-ring (bicyclic) bond motifs is 1. The summed E-state index contributed by atoms with van der Waals surface area (Å²) >= 11 is 1.99. The summed E-state index contributed by atoms with van der Waals surface area (Å²) in [6.07, 6.45) is 0.939. The maximum Gasteiger partial charge on any atom is 0.246 e. The third-order valence-electron chi connectivity index (χ3n) is 4.52. The Hall–Kier alpha value is -1.69. The van der Waals surface area contributed by atoms with Crippen molar-refractivity contribution in [2.24, 2.45) is 4.99 Å². The molecule has 0 spiro atoms. The van der Waals surface area contributed by atoms with Gasteiger partial charge in [-0.25, -0.2) is 0 Å². The highest BCUT2D eigenvalue weighted by atomic mass is 32.2. The highest BCUT2D eigenvalue weighted by Gasteiger charge is 2.29. The highest BCUT2D eigenvalue weighted by molar-refractivity contribution is 8.00. The summed E-state index contributed by atoms with van der Waals surface area (Å²) in [6.45, 7) is 7.47. The van der Waals surface area contributed by atoms with Crippen LogP contribution in [0.3, 0.4) is 0 Å². The van der Waals surface area contributed by atoms with Crippen molar-refractivity contribution in [1.29, 1.82) is 0 Å². The number of thioether (sulfide) groups is 1. The molecular weight excluding hydrogens is 320 g/mol. The van der Waals surface area contributed by atoms with Gasteiger partial charge in [-0.15, -0.1) is 0 Å². The largest absolute Gasteiger partial charge is 0.347 e. The first-order valence-electron chi connectivity index (χ1n) is 8.48. The zero-order chi connectivity index (χ0) is 17.2. The van der Waals surface area contributed by atoms with Crippen LogP contribution < -0.4 is 10.2 Å². The van der Waals surface area contributed by atoms with E-state index < -0.39 is 0 Å². The topological polar surface area (TPSA) is 47.9 Å². The molecule has 0 aliphatic carbocycles. The molecule has 0 unspecified atom stereocenters. The summed E-state index contributed by atoms with van der Waals surface area (Å²) in [6, 6.07) is 8.15. The molecule has 1 aromatic rings. The van der Waals surface area contributed by atoms with E-state index >= 15 is 0 Å². The molecule has 2 aliphatic rings. The maximum atomic E-state index is 12.6. The van der Waals surface area contributed by atoms with Crippen LogP contribution in [-0.2, 0) is 11.2 Å². The second-order valence-corrected chi connectivity index (χ2v) is 8.66. The van der Waals surface area contributed by atoms with Gasteiger partial charge in [-0.2, -0.15) is 11.8 Å². The van der Waals surface area contributed by atoms with E-state index in [1.165, 1.54) is 5.56 Å². The summed E-state index contributed by atoms with van der Waals surface area (Å²) in [5.74, 6) is 2.01. The van der Waals surface area contributed by atoms with Crippen LogP contribution in [0, 0.1) is 0 Å². The van der Waals surface area contributed by atoms with Gasteiger partial charge in [0.1, 0.15) is 0 Å². The van der Waals surface area contributed by atoms with Gasteiger partial charge in [0.25, 0.3) is 0 Å². The number of carbonyl (C=O) groups is 1. The number of aliphatic imine (C=N–C) groups is 1. The van der Waals surface area contributed by atoms with Gasteiger partial charge in [-0.3, -0.25) is 9.79 Å². The molecule has 0 atom stereocenters. The summed E-state index contributed by atoms with van der Waals surface area (Å²) in [5, 5.41) is 3.26. The quantitative estimate of drug-likeness (QED) is 0.657. The van der Waals surface area contributed by atoms with Crippen LogP contribution in [0.2, 0.25) is 0 Å². The molecular formula is C18H26N4OS. The Balaban J connectivity index is 1.59. The SMILES string of the molecule is CN=C(NCC(=O)N1CCc2ccccc21)N1CCSC(C)(C)C1. The van der Waals surface area contributed by atoms with E-state index in [1.54, 1.807) is 7.05 Å². The molecule has 130 valence electrons. The average Bonchev–Trinajstić information content (AvgIpc) is 2.98. The fraction of sp³-hybridized carbons (Fsp3) is 0.556. The van der Waals surface area contributed by atoms with E-state index in [-0.39, 0.29) is 17.2 Å². The number of para-hydroxylation sites is 1. The first kappa shape index (κ1) is 17.1. The Labute approximate surface area is 148 Å². The minimum absolute atomic E-state index is 0.103. The lowest BCUT2D eigenvalue weighted by Gasteiger charge is -2.39. The lowest BCUT2D eigenvalue weighted by Crippen LogP contribution is -2.52. The van der Waals surface area contributed by atoms with Crippen molar-refractivity contribution in [1.82, 2.24) is 10.2 Å². The van der Waals surface area contributed by atoms with E-state index in [1.807, 2.05) is 34.9 Å². The standard InChI is InChI=1S/C18H26N4OS/c1-18(2)13-21(10-11-24-18)17(19-3)20-12-16(23)22-9-8-14-6-4-5-7-15(14)22/h4-7H,8-13H2,1-3H3,(H,19,20). The molecule has 1 amide bonds. The number of carbonyl (C=O) groups excluding carboxylic acids is 1. The minimum atomic E-state index is 0.103. The molecule has 1 fully saturated rings. The molecule has 0 aromatic heterocycles. The number of anilines is 1. The molecule has 24 heavy (non-hydrogen) atoms. The van der Waals surface area contributed by atoms with Crippen LogP contribution in [0.5, 0.6) is 0 Å². The van der Waals surface area contributed by atoms with Gasteiger partial charge in [0, 0.05) is 42.9 Å². The van der Waals surface area contributed by atoms with E-state index in [0.29, 0.717) is 0 Å². The van der Waals surface area contributed by atoms with Crippen LogP contribution in [0.15, 0.2) is 29.3 Å². The van der Waals surface area contributed by atoms with Crippen molar-refractivity contribution < 1.29 is 4.79 Å². The number of nitrogens with one attached hydrogen (secondary N) is 1. The fourth-order valence-corrected chi connectivity index (χ4v) is 4.49. The Morgan fingerprint density at radius 2 is 2.12 bits per heavy atom. The van der Waals surface area contributed by atoms with Gasteiger partial charge in [0.15, 0.2) is 5.96 Å². The van der Waals surface area contributed by atoms with E-state index in [2.05, 4.69) is 35.1 Å². The van der Waals surface area contributed by atoms with Crippen molar-refractivity contribution in [2.75, 3.05) is 43.9 Å². The van der Waals surface area contributed by atoms with Gasteiger partial charge in [-0.05, 0) is 31.9 Å². The summed E-state index contributed by atoms with van der Waals surface area (Å²) in [4.78, 5) is 21.1. The maximum absolute atomic E-state index is 12.6. The molecule has 2 aliphatic heterocycles. The lowest BCUT2D eigenvalue weighted by atomic mass is 10.2. The first-order chi connectivity index (χ1) is 11.5. The average molecular weight is 347 g/mol. The fourth-order valence-electron chi connectivity index (χ4n) is 3.38. The Morgan fingerprint density at radius 1 is 1.33 bits per heavy atom. The van der Waals surface area contributed by atoms with Crippen LogP contribution >= 0.6 is 11.8 Å². The number of benzene rings is 1. The normalized spacial score (nSPS) is 20.0. The monoisotopic (exact) mass is 346 g/mol. The van der Waals surface area contributed by atoms with E-state index in [9.17, 15) is 4.79 Å². The third-order valence-corrected chi connectivity index (χ3v) is 5.82. The smallest absolute Gasteiger partial charge is 0.246 e. The number of rotatable bonds is 2. The number of hydrogen-bond donors (Lipinski definition) is 1. The van der Waals surface area contributed by atoms with Gasteiger partial charge >= 0.3 is 0 Å². The summed E-state index contributed by atoms with van der Waals surface area (Å²) < 4.78 is 0.216. The second kappa shape index (κ2) is 7.05. The van der Waals surface area contributed by atoms with Gasteiger partial charge in [-0.1, -0.05) is 18.2 Å². The zero-order valence-corrected chi connectivity index (χ0v) is 15.5. The predicted molar refractivity (Wildman–Crippen MR) is 102 cm³/mol. The predicted octanol–water partition coefficient (Wildman–Crippen LogP) is 1.98. The number of amides is 1. The Morgan fingerprint density at radius 3 is 2.88 bits per heavy atom. The van der Waals surface area contributed by atoms with Crippen LogP contribution in [0.4, 0.5) is 5.69 Å². The van der Waals surface area contributed by atoms with Crippen LogP contribution in [0.1, 0.15) is 19.4 Å². The van der Waals surface area contributed by atoms with E-state index in [4.69, 9.17) is 0 Å². The molecule has 1 saturated heterocycles. The summed E-state index contributed by atoms with van der Waals surface area (Å²) in [7, 11) is 1.78. The molecule has 5 nitrogen and oxygen atoms in total. The molecule has 0 saturated carbocycles. The Kier molecular flexibility index (Phi) is 5.04.